The fourth-order valence-corrected chi connectivity index (χ4v) is 3.96. The molecule has 38 heavy (non-hydrogen) atoms. The number of H-pyrrole nitrogens is 1. The molecule has 0 aliphatic carbocycles. The number of benzene rings is 3. The van der Waals surface area contributed by atoms with Gasteiger partial charge in [0.2, 0.25) is 0 Å². The topological polar surface area (TPSA) is 116 Å². The van der Waals surface area contributed by atoms with Crippen LogP contribution < -0.4 is 16.3 Å². The third-order valence-corrected chi connectivity index (χ3v) is 6.01. The molecule has 0 fully saturated rings. The molecule has 4 rings (SSSR count). The van der Waals surface area contributed by atoms with E-state index in [1.165, 1.54) is 11.8 Å². The Bertz CT molecular complexity index is 1550. The summed E-state index contributed by atoms with van der Waals surface area (Å²) in [7, 11) is 0. The number of hydrazone groups is 1. The number of hydrogen-bond donors (Lipinski definition) is 3. The molecule has 1 atom stereocenters. The average molecular weight is 508 g/mol. The van der Waals surface area contributed by atoms with E-state index in [-0.39, 0.29) is 5.69 Å². The van der Waals surface area contributed by atoms with Gasteiger partial charge in [-0.3, -0.25) is 14.4 Å². The molecule has 1 heterocycles. The van der Waals surface area contributed by atoms with Gasteiger partial charge in [-0.1, -0.05) is 80.6 Å². The van der Waals surface area contributed by atoms with Crippen LogP contribution in [-0.2, 0) is 4.79 Å². The van der Waals surface area contributed by atoms with Gasteiger partial charge in [0.25, 0.3) is 17.4 Å². The van der Waals surface area contributed by atoms with Crippen molar-refractivity contribution in [3.05, 3.63) is 117 Å². The number of rotatable bonds is 8. The summed E-state index contributed by atoms with van der Waals surface area (Å²) in [6, 6.07) is 22.3. The number of allylic oxidation sites excluding steroid dienone is 1. The molecule has 4 aromatic rings. The quantitative estimate of drug-likeness (QED) is 0.236. The monoisotopic (exact) mass is 507 g/mol. The average Bonchev–Trinajstić information content (AvgIpc) is 2.93. The van der Waals surface area contributed by atoms with Crippen molar-refractivity contribution in [1.29, 1.82) is 0 Å². The van der Waals surface area contributed by atoms with Crippen molar-refractivity contribution in [1.82, 2.24) is 20.9 Å². The summed E-state index contributed by atoms with van der Waals surface area (Å²) in [6.07, 6.45) is 3.48. The van der Waals surface area contributed by atoms with E-state index in [9.17, 15) is 14.4 Å². The first kappa shape index (κ1) is 26.2. The predicted octanol–water partition coefficient (Wildman–Crippen LogP) is 4.72. The molecule has 192 valence electrons. The molecule has 2 amide bonds. The van der Waals surface area contributed by atoms with Crippen LogP contribution in [0.4, 0.5) is 0 Å². The molecule has 8 nitrogen and oxygen atoms in total. The van der Waals surface area contributed by atoms with Gasteiger partial charge in [0.05, 0.1) is 11.6 Å². The normalized spacial score (nSPS) is 12.6. The van der Waals surface area contributed by atoms with Crippen molar-refractivity contribution in [2.75, 3.05) is 0 Å². The fourth-order valence-electron chi connectivity index (χ4n) is 3.96. The highest BCUT2D eigenvalue weighted by molar-refractivity contribution is 5.99. The number of carbonyl (C=O) groups is 2. The second-order valence-electron chi connectivity index (χ2n) is 9.20. The number of aromatic nitrogens is 2. The molecule has 3 aromatic carbocycles. The van der Waals surface area contributed by atoms with E-state index < -0.39 is 23.4 Å². The Balaban J connectivity index is 1.58. The minimum Gasteiger partial charge on any atom is -0.335 e. The Morgan fingerprint density at radius 2 is 1.58 bits per heavy atom. The zero-order chi connectivity index (χ0) is 27.1. The zero-order valence-electron chi connectivity index (χ0n) is 21.4. The summed E-state index contributed by atoms with van der Waals surface area (Å²) in [5, 5.41) is 14.2. The summed E-state index contributed by atoms with van der Waals surface area (Å²) < 4.78 is 0. The Morgan fingerprint density at radius 1 is 0.921 bits per heavy atom. The lowest BCUT2D eigenvalue weighted by atomic mass is 10.0. The summed E-state index contributed by atoms with van der Waals surface area (Å²) in [6.45, 7) is 6.16. The van der Waals surface area contributed by atoms with Crippen LogP contribution in [0.1, 0.15) is 59.9 Å². The first-order valence-corrected chi connectivity index (χ1v) is 12.3. The molecule has 0 saturated carbocycles. The SMILES string of the molecule is CC(/C=N/NC(=O)C(NC(=O)c1ccccc1)c1n[nH]c(=O)c2ccccc12)=C\c1ccc(C(C)C)cc1. The van der Waals surface area contributed by atoms with E-state index in [2.05, 4.69) is 52.0 Å². The van der Waals surface area contributed by atoms with Crippen molar-refractivity contribution in [2.24, 2.45) is 5.10 Å². The number of nitrogens with zero attached hydrogens (tertiary/aromatic N) is 2. The zero-order valence-corrected chi connectivity index (χ0v) is 21.4. The van der Waals surface area contributed by atoms with Crippen molar-refractivity contribution in [3.8, 4) is 0 Å². The number of carbonyl (C=O) groups excluding carboxylic acids is 2. The van der Waals surface area contributed by atoms with Crippen LogP contribution >= 0.6 is 0 Å². The van der Waals surface area contributed by atoms with Crippen LogP contribution in [-0.4, -0.2) is 28.2 Å². The van der Waals surface area contributed by atoms with Gasteiger partial charge in [0.15, 0.2) is 6.04 Å². The molecular weight excluding hydrogens is 478 g/mol. The largest absolute Gasteiger partial charge is 0.335 e. The molecule has 0 radical (unpaired) electrons. The predicted molar refractivity (Wildman–Crippen MR) is 150 cm³/mol. The van der Waals surface area contributed by atoms with Crippen LogP contribution in [0.5, 0.6) is 0 Å². The molecule has 1 aromatic heterocycles. The summed E-state index contributed by atoms with van der Waals surface area (Å²) in [5.74, 6) is -0.618. The van der Waals surface area contributed by atoms with Gasteiger partial charge in [-0.2, -0.15) is 10.2 Å². The van der Waals surface area contributed by atoms with Crippen LogP contribution in [0.2, 0.25) is 0 Å². The molecule has 0 spiro atoms. The van der Waals surface area contributed by atoms with Gasteiger partial charge in [0, 0.05) is 10.9 Å². The standard InChI is InChI=1S/C30H29N5O3/c1-19(2)22-15-13-21(14-16-22)17-20(3)18-31-34-30(38)27(32-28(36)23-9-5-4-6-10-23)26-24-11-7-8-12-25(24)29(37)35-33-26/h4-19,27H,1-3H3,(H,32,36)(H,34,38)(H,35,37)/b20-17+,31-18+. The first-order chi connectivity index (χ1) is 18.3. The maximum atomic E-state index is 13.3. The smallest absolute Gasteiger partial charge is 0.272 e. The van der Waals surface area contributed by atoms with Gasteiger partial charge in [-0.25, -0.2) is 10.5 Å². The third kappa shape index (κ3) is 6.28. The lowest BCUT2D eigenvalue weighted by Crippen LogP contribution is -2.40. The highest BCUT2D eigenvalue weighted by atomic mass is 16.2. The molecular formula is C30H29N5O3. The number of nitrogens with one attached hydrogen (secondary N) is 3. The molecule has 0 aliphatic rings. The third-order valence-electron chi connectivity index (χ3n) is 6.01. The highest BCUT2D eigenvalue weighted by Gasteiger charge is 2.27. The maximum Gasteiger partial charge on any atom is 0.272 e. The van der Waals surface area contributed by atoms with Gasteiger partial charge in [-0.05, 0) is 47.7 Å². The number of hydrogen-bond acceptors (Lipinski definition) is 5. The maximum absolute atomic E-state index is 13.3. The first-order valence-electron chi connectivity index (χ1n) is 12.3. The van der Waals surface area contributed by atoms with E-state index >= 15 is 0 Å². The Labute approximate surface area is 220 Å². The second-order valence-corrected chi connectivity index (χ2v) is 9.20. The van der Waals surface area contributed by atoms with E-state index in [1.807, 2.05) is 25.1 Å². The Kier molecular flexibility index (Phi) is 8.23. The van der Waals surface area contributed by atoms with E-state index in [0.29, 0.717) is 22.3 Å². The molecule has 1 unspecified atom stereocenters. The van der Waals surface area contributed by atoms with Crippen LogP contribution in [0.25, 0.3) is 16.8 Å². The van der Waals surface area contributed by atoms with Crippen molar-refractivity contribution in [3.63, 3.8) is 0 Å². The minimum atomic E-state index is -1.21. The molecule has 0 saturated heterocycles. The van der Waals surface area contributed by atoms with Gasteiger partial charge >= 0.3 is 0 Å². The highest BCUT2D eigenvalue weighted by Crippen LogP contribution is 2.21. The van der Waals surface area contributed by atoms with Crippen LogP contribution in [0.15, 0.2) is 94.3 Å². The van der Waals surface area contributed by atoms with Gasteiger partial charge in [0.1, 0.15) is 5.69 Å². The van der Waals surface area contributed by atoms with Crippen molar-refractivity contribution in [2.45, 2.75) is 32.7 Å². The van der Waals surface area contributed by atoms with Crippen LogP contribution in [0.3, 0.4) is 0 Å². The second kappa shape index (κ2) is 11.9. The van der Waals surface area contributed by atoms with Gasteiger partial charge < -0.3 is 5.32 Å². The Morgan fingerprint density at radius 3 is 2.26 bits per heavy atom. The summed E-state index contributed by atoms with van der Waals surface area (Å²) in [5.41, 5.74) is 5.79. The number of fused-ring (bicyclic) bond motifs is 1. The lowest BCUT2D eigenvalue weighted by molar-refractivity contribution is -0.123. The van der Waals surface area contributed by atoms with Crippen molar-refractivity contribution >= 4 is 34.9 Å². The minimum absolute atomic E-state index is 0.203. The van der Waals surface area contributed by atoms with Crippen molar-refractivity contribution < 1.29 is 9.59 Å². The molecule has 3 N–H and O–H groups in total. The number of amides is 2. The van der Waals surface area contributed by atoms with E-state index in [1.54, 1.807) is 54.6 Å². The summed E-state index contributed by atoms with van der Waals surface area (Å²) >= 11 is 0. The van der Waals surface area contributed by atoms with Crippen LogP contribution in [0, 0.1) is 0 Å². The molecule has 0 bridgehead atoms. The number of aromatic amines is 1. The Hall–Kier alpha value is -4.85. The van der Waals surface area contributed by atoms with E-state index in [0.717, 1.165) is 11.1 Å². The fraction of sp³-hybridized carbons (Fsp3) is 0.167. The van der Waals surface area contributed by atoms with Gasteiger partial charge in [-0.15, -0.1) is 0 Å². The summed E-state index contributed by atoms with van der Waals surface area (Å²) in [4.78, 5) is 38.5. The van der Waals surface area contributed by atoms with E-state index in [4.69, 9.17) is 0 Å². The molecule has 0 aliphatic heterocycles. The lowest BCUT2D eigenvalue weighted by Gasteiger charge is -2.18. The molecule has 8 heteroatoms.